The zero-order valence-electron chi connectivity index (χ0n) is 19.8. The van der Waals surface area contributed by atoms with E-state index in [-0.39, 0.29) is 16.6 Å². The van der Waals surface area contributed by atoms with Crippen LogP contribution >= 0.6 is 0 Å². The molecule has 0 aliphatic heterocycles. The van der Waals surface area contributed by atoms with Gasteiger partial charge in [-0.05, 0) is 49.6 Å². The van der Waals surface area contributed by atoms with Gasteiger partial charge in [-0.3, -0.25) is 9.59 Å². The highest BCUT2D eigenvalue weighted by Crippen LogP contribution is 2.31. The SMILES string of the molecule is COc1ccc(OC)c(S(=O)(=O)N/N=C(/C)c2ccc(NC(=O)[C@H]3CCCC[C@@H]3C(=O)O)cc2)c1. The highest BCUT2D eigenvalue weighted by Gasteiger charge is 2.35. The molecule has 0 heterocycles. The Morgan fingerprint density at radius 3 is 2.26 bits per heavy atom. The Balaban J connectivity index is 1.70. The quantitative estimate of drug-likeness (QED) is 0.352. The molecule has 0 spiro atoms. The molecule has 3 N–H and O–H groups in total. The number of hydrogen-bond donors (Lipinski definition) is 3. The van der Waals surface area contributed by atoms with Gasteiger partial charge in [0.05, 0.1) is 31.8 Å². The first-order valence-electron chi connectivity index (χ1n) is 11.1. The largest absolute Gasteiger partial charge is 0.497 e. The zero-order chi connectivity index (χ0) is 25.6. The summed E-state index contributed by atoms with van der Waals surface area (Å²) in [7, 11) is -1.24. The van der Waals surface area contributed by atoms with Crippen LogP contribution in [0.1, 0.15) is 38.2 Å². The van der Waals surface area contributed by atoms with Crippen molar-refractivity contribution in [2.24, 2.45) is 16.9 Å². The lowest BCUT2D eigenvalue weighted by Gasteiger charge is -2.27. The summed E-state index contributed by atoms with van der Waals surface area (Å²) in [5, 5.41) is 16.2. The Morgan fingerprint density at radius 2 is 1.66 bits per heavy atom. The topological polar surface area (TPSA) is 143 Å². The highest BCUT2D eigenvalue weighted by atomic mass is 32.2. The van der Waals surface area contributed by atoms with Gasteiger partial charge in [-0.25, -0.2) is 0 Å². The normalized spacial score (nSPS) is 18.4. The zero-order valence-corrected chi connectivity index (χ0v) is 20.6. The van der Waals surface area contributed by atoms with E-state index in [2.05, 4.69) is 15.2 Å². The second-order valence-electron chi connectivity index (χ2n) is 8.21. The number of aliphatic carboxylic acids is 1. The number of sulfonamides is 1. The van der Waals surface area contributed by atoms with Gasteiger partial charge in [0.15, 0.2) is 0 Å². The molecule has 1 aliphatic rings. The molecule has 0 saturated heterocycles. The molecule has 1 fully saturated rings. The van der Waals surface area contributed by atoms with Gasteiger partial charge in [0.1, 0.15) is 16.4 Å². The van der Waals surface area contributed by atoms with Crippen molar-refractivity contribution in [2.45, 2.75) is 37.5 Å². The van der Waals surface area contributed by atoms with E-state index in [4.69, 9.17) is 9.47 Å². The van der Waals surface area contributed by atoms with E-state index in [1.165, 1.54) is 26.4 Å². The van der Waals surface area contributed by atoms with Gasteiger partial charge in [0.2, 0.25) is 5.91 Å². The van der Waals surface area contributed by atoms with Gasteiger partial charge in [0, 0.05) is 11.8 Å². The van der Waals surface area contributed by atoms with E-state index < -0.39 is 27.8 Å². The van der Waals surface area contributed by atoms with Crippen molar-refractivity contribution in [3.63, 3.8) is 0 Å². The minimum Gasteiger partial charge on any atom is -0.497 e. The molecule has 1 saturated carbocycles. The lowest BCUT2D eigenvalue weighted by molar-refractivity contribution is -0.147. The van der Waals surface area contributed by atoms with Gasteiger partial charge in [0.25, 0.3) is 10.0 Å². The number of methoxy groups -OCH3 is 2. The highest BCUT2D eigenvalue weighted by molar-refractivity contribution is 7.89. The minimum atomic E-state index is -4.03. The van der Waals surface area contributed by atoms with Crippen LogP contribution in [-0.4, -0.2) is 45.3 Å². The van der Waals surface area contributed by atoms with E-state index in [1.54, 1.807) is 37.3 Å². The molecule has 3 rings (SSSR count). The second-order valence-corrected chi connectivity index (χ2v) is 9.84. The molecular formula is C24H29N3O7S. The molecule has 11 heteroatoms. The van der Waals surface area contributed by atoms with Crippen LogP contribution in [0.4, 0.5) is 5.69 Å². The lowest BCUT2D eigenvalue weighted by Crippen LogP contribution is -2.36. The standard InChI is InChI=1S/C24H29N3O7S/c1-15(26-27-35(31,32)22-14-18(33-2)12-13-21(22)34-3)16-8-10-17(11-9-16)25-23(28)19-6-4-5-7-20(19)24(29)30/h8-14,19-20,27H,4-7H2,1-3H3,(H,25,28)(H,29,30)/b26-15-/t19-,20-/m0/s1. The molecular weight excluding hydrogens is 474 g/mol. The van der Waals surface area contributed by atoms with Crippen LogP contribution in [0, 0.1) is 11.8 Å². The minimum absolute atomic E-state index is 0.115. The summed E-state index contributed by atoms with van der Waals surface area (Å²) in [5.41, 5.74) is 1.54. The predicted octanol–water partition coefficient (Wildman–Crippen LogP) is 3.24. The third kappa shape index (κ3) is 6.30. The first-order valence-corrected chi connectivity index (χ1v) is 12.6. The fourth-order valence-corrected chi connectivity index (χ4v) is 5.05. The van der Waals surface area contributed by atoms with Crippen molar-refractivity contribution < 1.29 is 32.6 Å². The van der Waals surface area contributed by atoms with Crippen LogP contribution in [0.2, 0.25) is 0 Å². The molecule has 0 radical (unpaired) electrons. The molecule has 35 heavy (non-hydrogen) atoms. The van der Waals surface area contributed by atoms with Crippen molar-refractivity contribution in [2.75, 3.05) is 19.5 Å². The molecule has 2 aromatic rings. The Kier molecular flexibility index (Phi) is 8.34. The molecule has 0 unspecified atom stereocenters. The Bertz CT molecular complexity index is 1210. The summed E-state index contributed by atoms with van der Waals surface area (Å²) >= 11 is 0. The molecule has 1 amide bonds. The molecule has 0 aromatic heterocycles. The first-order chi connectivity index (χ1) is 16.7. The van der Waals surface area contributed by atoms with E-state index in [0.717, 1.165) is 12.8 Å². The van der Waals surface area contributed by atoms with E-state index >= 15 is 0 Å². The fourth-order valence-electron chi connectivity index (χ4n) is 4.01. The van der Waals surface area contributed by atoms with Crippen LogP contribution < -0.4 is 19.6 Å². The number of rotatable bonds is 9. The van der Waals surface area contributed by atoms with Gasteiger partial charge in [-0.15, -0.1) is 0 Å². The summed E-state index contributed by atoms with van der Waals surface area (Å²) in [6.45, 7) is 1.64. The first kappa shape index (κ1) is 26.0. The number of anilines is 1. The number of hydrazone groups is 1. The van der Waals surface area contributed by atoms with Gasteiger partial charge in [-0.1, -0.05) is 25.0 Å². The van der Waals surface area contributed by atoms with Crippen molar-refractivity contribution in [1.82, 2.24) is 4.83 Å². The maximum Gasteiger partial charge on any atom is 0.307 e. The maximum atomic E-state index is 12.8. The number of nitrogens with zero attached hydrogens (tertiary/aromatic N) is 1. The third-order valence-corrected chi connectivity index (χ3v) is 7.21. The van der Waals surface area contributed by atoms with Crippen LogP contribution in [-0.2, 0) is 19.6 Å². The van der Waals surface area contributed by atoms with E-state index in [1.807, 2.05) is 0 Å². The summed E-state index contributed by atoms with van der Waals surface area (Å²) in [6, 6.07) is 11.1. The molecule has 0 bridgehead atoms. The number of ether oxygens (including phenoxy) is 2. The fraction of sp³-hybridized carbons (Fsp3) is 0.375. The number of carboxylic acids is 1. The number of carbonyl (C=O) groups is 2. The second kappa shape index (κ2) is 11.2. The number of amides is 1. The molecule has 1 aliphatic carbocycles. The summed E-state index contributed by atoms with van der Waals surface area (Å²) in [4.78, 5) is 26.2. The molecule has 10 nitrogen and oxygen atoms in total. The lowest BCUT2D eigenvalue weighted by atomic mass is 9.78. The predicted molar refractivity (Wildman–Crippen MR) is 130 cm³/mol. The number of benzene rings is 2. The number of hydrogen-bond acceptors (Lipinski definition) is 7. The maximum absolute atomic E-state index is 12.8. The molecule has 2 atom stereocenters. The summed E-state index contributed by atoms with van der Waals surface area (Å²) in [5.74, 6) is -1.99. The van der Waals surface area contributed by atoms with Crippen molar-refractivity contribution in [3.05, 3.63) is 48.0 Å². The number of carboxylic acid groups (broad SMARTS) is 1. The van der Waals surface area contributed by atoms with Gasteiger partial charge in [-0.2, -0.15) is 18.4 Å². The van der Waals surface area contributed by atoms with Crippen molar-refractivity contribution in [1.29, 1.82) is 0 Å². The van der Waals surface area contributed by atoms with Crippen LogP contribution in [0.5, 0.6) is 11.5 Å². The van der Waals surface area contributed by atoms with Gasteiger partial charge >= 0.3 is 5.97 Å². The van der Waals surface area contributed by atoms with Gasteiger partial charge < -0.3 is 19.9 Å². The Hall–Kier alpha value is -3.60. The van der Waals surface area contributed by atoms with Crippen LogP contribution in [0.15, 0.2) is 52.5 Å². The monoisotopic (exact) mass is 503 g/mol. The Morgan fingerprint density at radius 1 is 1.00 bits per heavy atom. The number of carbonyl (C=O) groups excluding carboxylic acids is 1. The number of nitrogens with one attached hydrogen (secondary N) is 2. The summed E-state index contributed by atoms with van der Waals surface area (Å²) in [6.07, 6.45) is 2.68. The van der Waals surface area contributed by atoms with E-state index in [0.29, 0.717) is 35.6 Å². The van der Waals surface area contributed by atoms with Crippen LogP contribution in [0.25, 0.3) is 0 Å². The Labute approximate surface area is 204 Å². The van der Waals surface area contributed by atoms with Crippen molar-refractivity contribution >= 4 is 33.3 Å². The third-order valence-electron chi connectivity index (χ3n) is 5.98. The molecule has 2 aromatic carbocycles. The van der Waals surface area contributed by atoms with E-state index in [9.17, 15) is 23.1 Å². The smallest absolute Gasteiger partial charge is 0.307 e. The molecule has 188 valence electrons. The summed E-state index contributed by atoms with van der Waals surface area (Å²) < 4.78 is 35.8. The van der Waals surface area contributed by atoms with Crippen LogP contribution in [0.3, 0.4) is 0 Å². The average Bonchev–Trinajstić information content (AvgIpc) is 2.87. The average molecular weight is 504 g/mol. The van der Waals surface area contributed by atoms with Crippen molar-refractivity contribution in [3.8, 4) is 11.5 Å².